The Hall–Kier alpha value is -2.56. The molecular formula is C17H18N2O3. The maximum Gasteiger partial charge on any atom is 0.228 e. The lowest BCUT2D eigenvalue weighted by Gasteiger charge is -2.26. The number of hydrogen-bond acceptors (Lipinski definition) is 3. The minimum Gasteiger partial charge on any atom is -0.469 e. The molecule has 0 fully saturated rings. The first-order valence-electron chi connectivity index (χ1n) is 7.35. The lowest BCUT2D eigenvalue weighted by Crippen LogP contribution is -2.40. The number of para-hydroxylation sites is 1. The normalized spacial score (nSPS) is 18.2. The molecule has 2 N–H and O–H groups in total. The highest BCUT2D eigenvalue weighted by atomic mass is 16.3. The fourth-order valence-corrected chi connectivity index (χ4v) is 2.77. The van der Waals surface area contributed by atoms with E-state index >= 15 is 0 Å². The molecule has 0 spiro atoms. The number of rotatable bonds is 4. The maximum absolute atomic E-state index is 12.5. The van der Waals surface area contributed by atoms with E-state index in [-0.39, 0.29) is 24.3 Å². The minimum atomic E-state index is -0.441. The van der Waals surface area contributed by atoms with Crippen LogP contribution in [0.3, 0.4) is 0 Å². The fourth-order valence-electron chi connectivity index (χ4n) is 2.77. The third-order valence-electron chi connectivity index (χ3n) is 3.79. The van der Waals surface area contributed by atoms with Crippen molar-refractivity contribution < 1.29 is 14.0 Å². The molecule has 2 amide bonds. The molecule has 5 nitrogen and oxygen atoms in total. The van der Waals surface area contributed by atoms with Gasteiger partial charge < -0.3 is 15.1 Å². The first kappa shape index (κ1) is 14.4. The van der Waals surface area contributed by atoms with Gasteiger partial charge in [-0.2, -0.15) is 0 Å². The predicted molar refractivity (Wildman–Crippen MR) is 82.4 cm³/mol. The second-order valence-corrected chi connectivity index (χ2v) is 5.59. The standard InChI is InChI=1S/C17H18N2O3/c1-11(9-12-5-4-8-22-12)18-17(21)14-10-16(20)19-15-7-3-2-6-13(14)15/h2-8,11,14H,9-10H2,1H3,(H,18,21)(H,19,20)/t11-,14-/m0/s1. The molecule has 0 bridgehead atoms. The Labute approximate surface area is 128 Å². The molecule has 0 saturated carbocycles. The van der Waals surface area contributed by atoms with Crippen LogP contribution in [-0.2, 0) is 16.0 Å². The molecule has 0 unspecified atom stereocenters. The zero-order valence-electron chi connectivity index (χ0n) is 12.3. The monoisotopic (exact) mass is 298 g/mol. The molecule has 1 aromatic carbocycles. The Morgan fingerprint density at radius 1 is 1.36 bits per heavy atom. The van der Waals surface area contributed by atoms with E-state index in [1.54, 1.807) is 6.26 Å². The van der Waals surface area contributed by atoms with E-state index in [0.29, 0.717) is 6.42 Å². The summed E-state index contributed by atoms with van der Waals surface area (Å²) in [5.74, 6) is 0.137. The number of amides is 2. The van der Waals surface area contributed by atoms with Crippen LogP contribution < -0.4 is 10.6 Å². The van der Waals surface area contributed by atoms with E-state index in [1.165, 1.54) is 0 Å². The summed E-state index contributed by atoms with van der Waals surface area (Å²) in [6.07, 6.45) is 2.42. The van der Waals surface area contributed by atoms with Crippen molar-refractivity contribution in [2.45, 2.75) is 31.7 Å². The first-order valence-corrected chi connectivity index (χ1v) is 7.35. The van der Waals surface area contributed by atoms with Crippen LogP contribution in [-0.4, -0.2) is 17.9 Å². The van der Waals surface area contributed by atoms with Gasteiger partial charge in [-0.15, -0.1) is 0 Å². The zero-order valence-corrected chi connectivity index (χ0v) is 12.3. The van der Waals surface area contributed by atoms with Gasteiger partial charge in [-0.05, 0) is 30.7 Å². The molecule has 2 heterocycles. The number of benzene rings is 1. The van der Waals surface area contributed by atoms with Crippen molar-refractivity contribution in [1.82, 2.24) is 5.32 Å². The molecule has 22 heavy (non-hydrogen) atoms. The van der Waals surface area contributed by atoms with E-state index in [0.717, 1.165) is 17.0 Å². The molecule has 1 aliphatic heterocycles. The van der Waals surface area contributed by atoms with Gasteiger partial charge in [-0.25, -0.2) is 0 Å². The molecule has 5 heteroatoms. The van der Waals surface area contributed by atoms with Crippen LogP contribution in [0.1, 0.15) is 30.6 Å². The largest absolute Gasteiger partial charge is 0.469 e. The Morgan fingerprint density at radius 2 is 2.18 bits per heavy atom. The summed E-state index contributed by atoms with van der Waals surface area (Å²) in [7, 11) is 0. The van der Waals surface area contributed by atoms with Gasteiger partial charge in [-0.3, -0.25) is 9.59 Å². The average Bonchev–Trinajstić information content (AvgIpc) is 2.98. The topological polar surface area (TPSA) is 71.3 Å². The van der Waals surface area contributed by atoms with Crippen LogP contribution in [0.15, 0.2) is 47.1 Å². The van der Waals surface area contributed by atoms with E-state index in [1.807, 2.05) is 43.3 Å². The molecule has 0 saturated heterocycles. The maximum atomic E-state index is 12.5. The molecule has 114 valence electrons. The second-order valence-electron chi connectivity index (χ2n) is 5.59. The average molecular weight is 298 g/mol. The third kappa shape index (κ3) is 3.03. The number of carbonyl (C=O) groups is 2. The Kier molecular flexibility index (Phi) is 3.96. The Morgan fingerprint density at radius 3 is 2.95 bits per heavy atom. The molecule has 0 radical (unpaired) electrons. The SMILES string of the molecule is C[C@@H](Cc1ccco1)NC(=O)[C@H]1CC(=O)Nc2ccccc21. The predicted octanol–water partition coefficient (Wildman–Crippen LogP) is 2.45. The molecule has 1 aliphatic rings. The minimum absolute atomic E-state index is 0.0594. The summed E-state index contributed by atoms with van der Waals surface area (Å²) in [5.41, 5.74) is 1.59. The van der Waals surface area contributed by atoms with E-state index in [2.05, 4.69) is 10.6 Å². The van der Waals surface area contributed by atoms with Crippen molar-refractivity contribution in [3.63, 3.8) is 0 Å². The molecule has 0 aliphatic carbocycles. The fraction of sp³-hybridized carbons (Fsp3) is 0.294. The number of furan rings is 1. The first-order chi connectivity index (χ1) is 10.6. The van der Waals surface area contributed by atoms with Crippen LogP contribution in [0, 0.1) is 0 Å². The molecule has 1 aromatic heterocycles. The highest BCUT2D eigenvalue weighted by Gasteiger charge is 2.30. The van der Waals surface area contributed by atoms with Gasteiger partial charge in [0.2, 0.25) is 11.8 Å². The number of fused-ring (bicyclic) bond motifs is 1. The molecule has 2 atom stereocenters. The van der Waals surface area contributed by atoms with Crippen molar-refractivity contribution in [3.05, 3.63) is 54.0 Å². The number of hydrogen-bond donors (Lipinski definition) is 2. The summed E-state index contributed by atoms with van der Waals surface area (Å²) in [4.78, 5) is 24.3. The van der Waals surface area contributed by atoms with Gasteiger partial charge in [0.1, 0.15) is 5.76 Å². The van der Waals surface area contributed by atoms with Gasteiger partial charge in [0.15, 0.2) is 0 Å². The van der Waals surface area contributed by atoms with Crippen molar-refractivity contribution in [2.75, 3.05) is 5.32 Å². The number of anilines is 1. The van der Waals surface area contributed by atoms with Crippen molar-refractivity contribution in [2.24, 2.45) is 0 Å². The summed E-state index contributed by atoms with van der Waals surface area (Å²) >= 11 is 0. The molecule has 2 aromatic rings. The Bertz CT molecular complexity index is 679. The van der Waals surface area contributed by atoms with Crippen molar-refractivity contribution >= 4 is 17.5 Å². The van der Waals surface area contributed by atoms with Gasteiger partial charge in [0, 0.05) is 24.6 Å². The quantitative estimate of drug-likeness (QED) is 0.910. The van der Waals surface area contributed by atoms with E-state index < -0.39 is 5.92 Å². The van der Waals surface area contributed by atoms with Crippen LogP contribution in [0.5, 0.6) is 0 Å². The number of carbonyl (C=O) groups excluding carboxylic acids is 2. The van der Waals surface area contributed by atoms with Crippen molar-refractivity contribution in [3.8, 4) is 0 Å². The lowest BCUT2D eigenvalue weighted by atomic mass is 9.89. The van der Waals surface area contributed by atoms with Crippen LogP contribution in [0.4, 0.5) is 5.69 Å². The highest BCUT2D eigenvalue weighted by Crippen LogP contribution is 2.32. The van der Waals surface area contributed by atoms with Crippen LogP contribution in [0.25, 0.3) is 0 Å². The van der Waals surface area contributed by atoms with E-state index in [9.17, 15) is 9.59 Å². The highest BCUT2D eigenvalue weighted by molar-refractivity contribution is 6.01. The lowest BCUT2D eigenvalue weighted by molar-refractivity contribution is -0.126. The third-order valence-corrected chi connectivity index (χ3v) is 3.79. The second kappa shape index (κ2) is 6.05. The number of nitrogens with one attached hydrogen (secondary N) is 2. The smallest absolute Gasteiger partial charge is 0.228 e. The Balaban J connectivity index is 1.71. The molecule has 3 rings (SSSR count). The summed E-state index contributed by atoms with van der Waals surface area (Å²) in [5, 5.41) is 5.77. The van der Waals surface area contributed by atoms with Gasteiger partial charge >= 0.3 is 0 Å². The van der Waals surface area contributed by atoms with Gasteiger partial charge in [0.25, 0.3) is 0 Å². The van der Waals surface area contributed by atoms with E-state index in [4.69, 9.17) is 4.42 Å². The van der Waals surface area contributed by atoms with Crippen molar-refractivity contribution in [1.29, 1.82) is 0 Å². The summed E-state index contributed by atoms with van der Waals surface area (Å²) < 4.78 is 5.29. The van der Waals surface area contributed by atoms with Gasteiger partial charge in [0.05, 0.1) is 12.2 Å². The zero-order chi connectivity index (χ0) is 15.5. The summed E-state index contributed by atoms with van der Waals surface area (Å²) in [6.45, 7) is 1.93. The van der Waals surface area contributed by atoms with Crippen LogP contribution >= 0.6 is 0 Å². The summed E-state index contributed by atoms with van der Waals surface area (Å²) in [6, 6.07) is 11.1. The molecular weight excluding hydrogens is 280 g/mol. The van der Waals surface area contributed by atoms with Crippen LogP contribution in [0.2, 0.25) is 0 Å². The van der Waals surface area contributed by atoms with Gasteiger partial charge in [-0.1, -0.05) is 18.2 Å².